The Morgan fingerprint density at radius 1 is 0.279 bits per heavy atom. The Hall–Kier alpha value is -4.98. The second kappa shape index (κ2) is 8.53. The smallest absolute Gasteiger partial charge is 0.0254 e. The van der Waals surface area contributed by atoms with Gasteiger partial charge in [-0.1, -0.05) is 143 Å². The summed E-state index contributed by atoms with van der Waals surface area (Å²) in [7, 11) is 0. The van der Waals surface area contributed by atoms with E-state index in [0.717, 1.165) is 4.47 Å². The van der Waals surface area contributed by atoms with Crippen molar-refractivity contribution in [3.05, 3.63) is 144 Å². The summed E-state index contributed by atoms with van der Waals surface area (Å²) in [5, 5.41) is 18.5. The van der Waals surface area contributed by atoms with E-state index in [9.17, 15) is 0 Å². The first-order chi connectivity index (χ1) is 21.3. The van der Waals surface area contributed by atoms with Crippen molar-refractivity contribution < 1.29 is 0 Å². The van der Waals surface area contributed by atoms with E-state index in [2.05, 4.69) is 155 Å². The zero-order valence-corrected chi connectivity index (χ0v) is 24.7. The molecule has 10 rings (SSSR count). The van der Waals surface area contributed by atoms with Crippen molar-refractivity contribution in [2.45, 2.75) is 0 Å². The van der Waals surface area contributed by atoms with Gasteiger partial charge < -0.3 is 0 Å². The topological polar surface area (TPSA) is 0 Å². The Morgan fingerprint density at radius 3 is 1.49 bits per heavy atom. The summed E-state index contributed by atoms with van der Waals surface area (Å²) >= 11 is 3.88. The molecule has 0 heterocycles. The summed E-state index contributed by atoms with van der Waals surface area (Å²) in [4.78, 5) is 0. The second-order valence-electron chi connectivity index (χ2n) is 11.7. The lowest BCUT2D eigenvalue weighted by atomic mass is 9.84. The molecule has 198 valence electrons. The average Bonchev–Trinajstić information content (AvgIpc) is 3.57. The van der Waals surface area contributed by atoms with E-state index < -0.39 is 0 Å². The van der Waals surface area contributed by atoms with Crippen LogP contribution in [-0.4, -0.2) is 0 Å². The van der Waals surface area contributed by atoms with Gasteiger partial charge in [0.1, 0.15) is 0 Å². The lowest BCUT2D eigenvalue weighted by Gasteiger charge is -2.19. The standard InChI is InChI=1S/C42H23Br/c43-35-22-21-32-39-29(35)18-10-20-31(39)42-37(25-13-5-2-6-14-25)40-30-19-9-17-28-26-15-7-8-16-27(26)33(38(28)30)23-34(40)36(41(32)42)24-11-3-1-4-12-24/h1-23H. The van der Waals surface area contributed by atoms with Gasteiger partial charge >= 0.3 is 0 Å². The van der Waals surface area contributed by atoms with Crippen LogP contribution in [0.5, 0.6) is 0 Å². The molecule has 0 fully saturated rings. The number of rotatable bonds is 2. The van der Waals surface area contributed by atoms with E-state index in [1.165, 1.54) is 97.7 Å². The Bertz CT molecular complexity index is 2700. The van der Waals surface area contributed by atoms with Crippen LogP contribution in [0.4, 0.5) is 0 Å². The van der Waals surface area contributed by atoms with Crippen LogP contribution < -0.4 is 0 Å². The summed E-state index contributed by atoms with van der Waals surface area (Å²) in [6.45, 7) is 0. The third-order valence-corrected chi connectivity index (χ3v) is 10.3. The van der Waals surface area contributed by atoms with Crippen LogP contribution in [0.15, 0.2) is 144 Å². The van der Waals surface area contributed by atoms with E-state index >= 15 is 0 Å². The molecule has 10 aromatic rings. The Balaban J connectivity index is 1.62. The van der Waals surface area contributed by atoms with Crippen molar-refractivity contribution in [1.82, 2.24) is 0 Å². The van der Waals surface area contributed by atoms with Crippen LogP contribution in [0.1, 0.15) is 0 Å². The molecule has 43 heavy (non-hydrogen) atoms. The molecule has 0 unspecified atom stereocenters. The van der Waals surface area contributed by atoms with Gasteiger partial charge in [0.15, 0.2) is 0 Å². The van der Waals surface area contributed by atoms with Gasteiger partial charge in [0.05, 0.1) is 0 Å². The molecule has 0 saturated heterocycles. The molecule has 1 heteroatoms. The highest BCUT2D eigenvalue weighted by Gasteiger charge is 2.26. The van der Waals surface area contributed by atoms with Crippen molar-refractivity contribution in [2.75, 3.05) is 0 Å². The normalized spacial score (nSPS) is 12.3. The fraction of sp³-hybridized carbons (Fsp3) is 0. The van der Waals surface area contributed by atoms with Crippen LogP contribution in [0.3, 0.4) is 0 Å². The number of halogens is 1. The molecule has 0 atom stereocenters. The minimum Gasteiger partial charge on any atom is -0.0622 e. The molecule has 0 aliphatic heterocycles. The highest BCUT2D eigenvalue weighted by molar-refractivity contribution is 9.10. The molecule has 0 aliphatic carbocycles. The average molecular weight is 608 g/mol. The molecule has 0 amide bonds. The summed E-state index contributed by atoms with van der Waals surface area (Å²) in [5.74, 6) is 0. The highest BCUT2D eigenvalue weighted by atomic mass is 79.9. The Labute approximate surface area is 256 Å². The predicted molar refractivity (Wildman–Crippen MR) is 190 cm³/mol. The maximum atomic E-state index is 3.88. The van der Waals surface area contributed by atoms with Gasteiger partial charge in [0.25, 0.3) is 0 Å². The molecule has 0 nitrogen and oxygen atoms in total. The third kappa shape index (κ3) is 3.00. The van der Waals surface area contributed by atoms with E-state index in [0.29, 0.717) is 0 Å². The Morgan fingerprint density at radius 2 is 0.767 bits per heavy atom. The van der Waals surface area contributed by atoms with Gasteiger partial charge in [-0.2, -0.15) is 0 Å². The summed E-state index contributed by atoms with van der Waals surface area (Å²) in [5.41, 5.74) is 5.15. The van der Waals surface area contributed by atoms with Crippen molar-refractivity contribution in [2.24, 2.45) is 0 Å². The molecule has 10 aromatic carbocycles. The van der Waals surface area contributed by atoms with Crippen molar-refractivity contribution in [3.8, 4) is 22.3 Å². The first-order valence-electron chi connectivity index (χ1n) is 14.8. The predicted octanol–water partition coefficient (Wildman–Crippen LogP) is 12.7. The number of fused-ring (bicyclic) bond motifs is 8. The molecule has 0 bridgehead atoms. The molecule has 0 N–H and O–H groups in total. The monoisotopic (exact) mass is 606 g/mol. The van der Waals surface area contributed by atoms with E-state index in [1.807, 2.05) is 0 Å². The van der Waals surface area contributed by atoms with Gasteiger partial charge in [-0.25, -0.2) is 0 Å². The van der Waals surface area contributed by atoms with Crippen LogP contribution >= 0.6 is 15.9 Å². The van der Waals surface area contributed by atoms with Gasteiger partial charge in [0, 0.05) is 4.47 Å². The molecule has 0 aromatic heterocycles. The van der Waals surface area contributed by atoms with E-state index in [-0.39, 0.29) is 0 Å². The molecular weight excluding hydrogens is 584 g/mol. The zero-order chi connectivity index (χ0) is 28.2. The van der Waals surface area contributed by atoms with Crippen molar-refractivity contribution >= 4 is 91.3 Å². The largest absolute Gasteiger partial charge is 0.0622 e. The van der Waals surface area contributed by atoms with Gasteiger partial charge in [-0.15, -0.1) is 0 Å². The maximum absolute atomic E-state index is 3.88. The van der Waals surface area contributed by atoms with E-state index in [4.69, 9.17) is 0 Å². The summed E-state index contributed by atoms with van der Waals surface area (Å²) in [6.07, 6.45) is 0. The van der Waals surface area contributed by atoms with Crippen LogP contribution in [0, 0.1) is 0 Å². The fourth-order valence-corrected chi connectivity index (χ4v) is 8.44. The van der Waals surface area contributed by atoms with Gasteiger partial charge in [-0.05, 0) is 110 Å². The number of benzene rings is 8. The van der Waals surface area contributed by atoms with Gasteiger partial charge in [0.2, 0.25) is 0 Å². The van der Waals surface area contributed by atoms with E-state index in [1.54, 1.807) is 0 Å². The lowest BCUT2D eigenvalue weighted by molar-refractivity contribution is 1.68. The molecule has 0 aliphatic rings. The lowest BCUT2D eigenvalue weighted by Crippen LogP contribution is -1.91. The van der Waals surface area contributed by atoms with Crippen LogP contribution in [0.2, 0.25) is 0 Å². The first-order valence-corrected chi connectivity index (χ1v) is 15.6. The first kappa shape index (κ1) is 23.6. The maximum Gasteiger partial charge on any atom is 0.0254 e. The van der Waals surface area contributed by atoms with Crippen LogP contribution in [-0.2, 0) is 0 Å². The highest BCUT2D eigenvalue weighted by Crippen LogP contribution is 2.54. The van der Waals surface area contributed by atoms with Crippen molar-refractivity contribution in [1.29, 1.82) is 0 Å². The SMILES string of the molecule is Brc1ccc2c3c(-c4ccccc4)c4cc5c6ccccc6c6cccc(c4c(-c4ccccc4)c3c3cccc1c23)c65. The van der Waals surface area contributed by atoms with Crippen molar-refractivity contribution in [3.63, 3.8) is 0 Å². The molecule has 0 radical (unpaired) electrons. The van der Waals surface area contributed by atoms with Crippen LogP contribution in [0.25, 0.3) is 97.7 Å². The molecular formula is C42H23Br. The quantitative estimate of drug-likeness (QED) is 0.172. The minimum absolute atomic E-state index is 1.14. The van der Waals surface area contributed by atoms with Gasteiger partial charge in [-0.3, -0.25) is 0 Å². The number of hydrogen-bond acceptors (Lipinski definition) is 0. The third-order valence-electron chi connectivity index (χ3n) is 9.59. The fourth-order valence-electron chi connectivity index (χ4n) is 7.98. The molecule has 0 spiro atoms. The number of hydrogen-bond donors (Lipinski definition) is 0. The summed E-state index contributed by atoms with van der Waals surface area (Å²) in [6, 6.07) is 51.7. The molecule has 0 saturated carbocycles. The minimum atomic E-state index is 1.14. The Kier molecular flexibility index (Phi) is 4.68. The second-order valence-corrected chi connectivity index (χ2v) is 12.5. The zero-order valence-electron chi connectivity index (χ0n) is 23.2. The summed E-state index contributed by atoms with van der Waals surface area (Å²) < 4.78 is 1.14.